The SMILES string of the molecule is Cl.N[C@H](c1ccsc1)c1c(F)cc(Cl)cc1F. The zero-order valence-corrected chi connectivity index (χ0v) is 10.9. The van der Waals surface area contributed by atoms with Gasteiger partial charge in [-0.15, -0.1) is 12.4 Å². The van der Waals surface area contributed by atoms with E-state index in [0.717, 1.165) is 12.1 Å². The van der Waals surface area contributed by atoms with Gasteiger partial charge < -0.3 is 5.73 Å². The molecule has 0 saturated carbocycles. The molecule has 1 nitrogen and oxygen atoms in total. The van der Waals surface area contributed by atoms with Crippen molar-refractivity contribution in [2.75, 3.05) is 0 Å². The van der Waals surface area contributed by atoms with E-state index in [4.69, 9.17) is 17.3 Å². The largest absolute Gasteiger partial charge is 0.320 e. The average molecular weight is 296 g/mol. The molecule has 1 heterocycles. The molecule has 1 aromatic heterocycles. The number of hydrogen-bond acceptors (Lipinski definition) is 2. The topological polar surface area (TPSA) is 26.0 Å². The molecule has 2 N–H and O–H groups in total. The van der Waals surface area contributed by atoms with Gasteiger partial charge in [0.15, 0.2) is 0 Å². The summed E-state index contributed by atoms with van der Waals surface area (Å²) in [5.41, 5.74) is 6.33. The second-order valence-electron chi connectivity index (χ2n) is 3.32. The fourth-order valence-electron chi connectivity index (χ4n) is 1.47. The van der Waals surface area contributed by atoms with E-state index in [2.05, 4.69) is 0 Å². The lowest BCUT2D eigenvalue weighted by molar-refractivity contribution is 0.544. The lowest BCUT2D eigenvalue weighted by Gasteiger charge is -2.12. The van der Waals surface area contributed by atoms with Crippen LogP contribution in [0.3, 0.4) is 0 Å². The van der Waals surface area contributed by atoms with E-state index in [-0.39, 0.29) is 23.0 Å². The number of rotatable bonds is 2. The van der Waals surface area contributed by atoms with Crippen LogP contribution in [0.1, 0.15) is 17.2 Å². The van der Waals surface area contributed by atoms with Crippen molar-refractivity contribution < 1.29 is 8.78 Å². The van der Waals surface area contributed by atoms with Crippen LogP contribution < -0.4 is 5.73 Å². The first kappa shape index (κ1) is 14.4. The van der Waals surface area contributed by atoms with Crippen LogP contribution in [0.5, 0.6) is 0 Å². The summed E-state index contributed by atoms with van der Waals surface area (Å²) < 4.78 is 27.1. The Bertz CT molecular complexity index is 479. The standard InChI is InChI=1S/C11H8ClF2NS.ClH/c12-7-3-8(13)10(9(14)4-7)11(15)6-1-2-16-5-6;/h1-5,11H,15H2;1H/t11-;/m1./s1. The number of halogens is 4. The Balaban J connectivity index is 0.00000144. The smallest absolute Gasteiger partial charge is 0.132 e. The van der Waals surface area contributed by atoms with Gasteiger partial charge in [0, 0.05) is 10.6 Å². The average Bonchev–Trinajstić information content (AvgIpc) is 2.67. The molecule has 0 saturated heterocycles. The predicted octanol–water partition coefficient (Wildman–Crippen LogP) is 4.15. The van der Waals surface area contributed by atoms with Crippen LogP contribution in [0.25, 0.3) is 0 Å². The summed E-state index contributed by atoms with van der Waals surface area (Å²) >= 11 is 6.96. The molecule has 6 heteroatoms. The first-order chi connectivity index (χ1) is 7.59. The first-order valence-corrected chi connectivity index (χ1v) is 5.84. The molecule has 0 amide bonds. The van der Waals surface area contributed by atoms with Gasteiger partial charge in [0.25, 0.3) is 0 Å². The molecular formula is C11H9Cl2F2NS. The molecule has 1 atom stereocenters. The van der Waals surface area contributed by atoms with Gasteiger partial charge in [0.2, 0.25) is 0 Å². The molecule has 1 aromatic carbocycles. The summed E-state index contributed by atoms with van der Waals surface area (Å²) in [6.45, 7) is 0. The molecule has 0 aliphatic heterocycles. The fraction of sp³-hybridized carbons (Fsp3) is 0.0909. The predicted molar refractivity (Wildman–Crippen MR) is 69.0 cm³/mol. The minimum Gasteiger partial charge on any atom is -0.320 e. The van der Waals surface area contributed by atoms with Gasteiger partial charge in [-0.2, -0.15) is 11.3 Å². The summed E-state index contributed by atoms with van der Waals surface area (Å²) in [6, 6.07) is 3.06. The molecule has 0 spiro atoms. The van der Waals surface area contributed by atoms with Crippen LogP contribution in [-0.4, -0.2) is 0 Å². The summed E-state index contributed by atoms with van der Waals surface area (Å²) in [6.07, 6.45) is 0. The van der Waals surface area contributed by atoms with E-state index < -0.39 is 17.7 Å². The van der Waals surface area contributed by atoms with Crippen LogP contribution in [0.2, 0.25) is 5.02 Å². The zero-order valence-electron chi connectivity index (χ0n) is 8.49. The van der Waals surface area contributed by atoms with Crippen LogP contribution in [-0.2, 0) is 0 Å². The van der Waals surface area contributed by atoms with Gasteiger partial charge in [0.05, 0.1) is 6.04 Å². The Morgan fingerprint density at radius 2 is 1.82 bits per heavy atom. The fourth-order valence-corrected chi connectivity index (χ4v) is 2.36. The minimum absolute atomic E-state index is 0. The Morgan fingerprint density at radius 1 is 1.24 bits per heavy atom. The molecular weight excluding hydrogens is 287 g/mol. The maximum atomic E-state index is 13.6. The van der Waals surface area contributed by atoms with Crippen molar-refractivity contribution >= 4 is 35.3 Å². The van der Waals surface area contributed by atoms with Gasteiger partial charge in [-0.3, -0.25) is 0 Å². The van der Waals surface area contributed by atoms with Crippen molar-refractivity contribution in [2.24, 2.45) is 5.73 Å². The lowest BCUT2D eigenvalue weighted by Crippen LogP contribution is -2.14. The minimum atomic E-state index is -0.802. The van der Waals surface area contributed by atoms with Crippen molar-refractivity contribution in [2.45, 2.75) is 6.04 Å². The Morgan fingerprint density at radius 3 is 2.29 bits per heavy atom. The molecule has 92 valence electrons. The third-order valence-corrected chi connectivity index (χ3v) is 3.18. The molecule has 0 bridgehead atoms. The normalized spacial score (nSPS) is 12.0. The van der Waals surface area contributed by atoms with Crippen molar-refractivity contribution in [3.8, 4) is 0 Å². The quantitative estimate of drug-likeness (QED) is 0.885. The molecule has 2 rings (SSSR count). The molecule has 0 fully saturated rings. The molecule has 0 radical (unpaired) electrons. The summed E-state index contributed by atoms with van der Waals surface area (Å²) in [4.78, 5) is 0. The number of benzene rings is 1. The Kier molecular flexibility index (Phi) is 4.89. The summed E-state index contributed by atoms with van der Waals surface area (Å²) in [5, 5.41) is 3.59. The van der Waals surface area contributed by atoms with Crippen molar-refractivity contribution in [1.29, 1.82) is 0 Å². The lowest BCUT2D eigenvalue weighted by atomic mass is 10.0. The number of nitrogens with two attached hydrogens (primary N) is 1. The Hall–Kier alpha value is -0.680. The van der Waals surface area contributed by atoms with E-state index in [1.54, 1.807) is 16.8 Å². The third-order valence-electron chi connectivity index (χ3n) is 2.26. The van der Waals surface area contributed by atoms with E-state index in [9.17, 15) is 8.78 Å². The van der Waals surface area contributed by atoms with E-state index in [0.29, 0.717) is 5.56 Å². The Labute approximate surface area is 113 Å². The molecule has 17 heavy (non-hydrogen) atoms. The van der Waals surface area contributed by atoms with Crippen LogP contribution in [0.4, 0.5) is 8.78 Å². The van der Waals surface area contributed by atoms with Crippen molar-refractivity contribution in [1.82, 2.24) is 0 Å². The van der Waals surface area contributed by atoms with Gasteiger partial charge >= 0.3 is 0 Å². The van der Waals surface area contributed by atoms with Crippen LogP contribution in [0, 0.1) is 11.6 Å². The van der Waals surface area contributed by atoms with Crippen molar-refractivity contribution in [3.05, 3.63) is 56.7 Å². The maximum Gasteiger partial charge on any atom is 0.132 e. The first-order valence-electron chi connectivity index (χ1n) is 4.51. The highest BCUT2D eigenvalue weighted by Crippen LogP contribution is 2.28. The molecule has 0 unspecified atom stereocenters. The second kappa shape index (κ2) is 5.78. The summed E-state index contributed by atoms with van der Waals surface area (Å²) in [5.74, 6) is -1.44. The molecule has 0 aliphatic carbocycles. The maximum absolute atomic E-state index is 13.6. The van der Waals surface area contributed by atoms with Gasteiger partial charge in [-0.1, -0.05) is 11.6 Å². The number of thiophene rings is 1. The van der Waals surface area contributed by atoms with E-state index in [1.807, 2.05) is 0 Å². The molecule has 0 aliphatic rings. The van der Waals surface area contributed by atoms with E-state index >= 15 is 0 Å². The highest BCUT2D eigenvalue weighted by Gasteiger charge is 2.19. The highest BCUT2D eigenvalue weighted by atomic mass is 35.5. The molecule has 2 aromatic rings. The van der Waals surface area contributed by atoms with E-state index in [1.165, 1.54) is 11.3 Å². The number of hydrogen-bond donors (Lipinski definition) is 1. The van der Waals surface area contributed by atoms with Crippen LogP contribution in [0.15, 0.2) is 29.0 Å². The van der Waals surface area contributed by atoms with Crippen molar-refractivity contribution in [3.63, 3.8) is 0 Å². The van der Waals surface area contributed by atoms with Gasteiger partial charge in [-0.05, 0) is 34.5 Å². The van der Waals surface area contributed by atoms with Gasteiger partial charge in [-0.25, -0.2) is 8.78 Å². The second-order valence-corrected chi connectivity index (χ2v) is 4.53. The monoisotopic (exact) mass is 295 g/mol. The zero-order chi connectivity index (χ0) is 11.7. The van der Waals surface area contributed by atoms with Gasteiger partial charge in [0.1, 0.15) is 11.6 Å². The highest BCUT2D eigenvalue weighted by molar-refractivity contribution is 7.08. The third kappa shape index (κ3) is 2.96. The summed E-state index contributed by atoms with van der Waals surface area (Å²) in [7, 11) is 0. The van der Waals surface area contributed by atoms with Crippen LogP contribution >= 0.6 is 35.3 Å².